The molecular formula is C19H28N4O2S. The number of allylic oxidation sites excluding steroid dienone is 2. The summed E-state index contributed by atoms with van der Waals surface area (Å²) in [4.78, 5) is 4.39. The van der Waals surface area contributed by atoms with Gasteiger partial charge < -0.3 is 0 Å². The standard InChI is InChI=1S/C19H28N4O2S/c1-5-23(6-2)26(24,25)16-9-10-18(20-13-16)22-21-12-14-7-8-15-11-17(14)19(15,3)4/h7,9-10,12-13,15,17H,5-6,8,11H2,1-4H3,(H,20,22)/b21-12+. The van der Waals surface area contributed by atoms with E-state index in [1.54, 1.807) is 12.1 Å². The molecule has 7 heteroatoms. The van der Waals surface area contributed by atoms with Gasteiger partial charge in [-0.2, -0.15) is 9.41 Å². The molecule has 1 fully saturated rings. The average molecular weight is 377 g/mol. The third-order valence-corrected chi connectivity index (χ3v) is 8.02. The van der Waals surface area contributed by atoms with Crippen molar-refractivity contribution in [3.8, 4) is 0 Å². The molecule has 2 unspecified atom stereocenters. The molecule has 0 amide bonds. The Hall–Kier alpha value is -1.73. The van der Waals surface area contributed by atoms with Crippen molar-refractivity contribution in [3.05, 3.63) is 30.0 Å². The number of hydrogen-bond acceptors (Lipinski definition) is 5. The van der Waals surface area contributed by atoms with Gasteiger partial charge in [0.05, 0.1) is 6.21 Å². The summed E-state index contributed by atoms with van der Waals surface area (Å²) in [6.45, 7) is 9.19. The number of sulfonamides is 1. The van der Waals surface area contributed by atoms with Gasteiger partial charge in [-0.25, -0.2) is 13.4 Å². The molecular weight excluding hydrogens is 348 g/mol. The summed E-state index contributed by atoms with van der Waals surface area (Å²) in [5.74, 6) is 1.92. The molecule has 1 aromatic rings. The number of nitrogens with one attached hydrogen (secondary N) is 1. The first kappa shape index (κ1) is 19.0. The summed E-state index contributed by atoms with van der Waals surface area (Å²) in [5, 5.41) is 4.30. The van der Waals surface area contributed by atoms with Gasteiger partial charge in [0.2, 0.25) is 10.0 Å². The Bertz CT molecular complexity index is 808. The van der Waals surface area contributed by atoms with E-state index in [4.69, 9.17) is 0 Å². The van der Waals surface area contributed by atoms with Crippen molar-refractivity contribution in [2.24, 2.45) is 22.4 Å². The summed E-state index contributed by atoms with van der Waals surface area (Å²) >= 11 is 0. The van der Waals surface area contributed by atoms with Crippen LogP contribution in [0, 0.1) is 17.3 Å². The Morgan fingerprint density at radius 2 is 2.08 bits per heavy atom. The van der Waals surface area contributed by atoms with Gasteiger partial charge in [-0.15, -0.1) is 0 Å². The Labute approximate surface area is 156 Å². The lowest BCUT2D eigenvalue weighted by Gasteiger charge is -2.55. The van der Waals surface area contributed by atoms with Gasteiger partial charge in [-0.1, -0.05) is 33.8 Å². The molecule has 0 saturated heterocycles. The molecule has 0 aromatic carbocycles. The zero-order valence-electron chi connectivity index (χ0n) is 15.9. The predicted octanol–water partition coefficient (Wildman–Crippen LogP) is 3.50. The molecule has 26 heavy (non-hydrogen) atoms. The fourth-order valence-corrected chi connectivity index (χ4v) is 5.43. The number of hydrazone groups is 1. The lowest BCUT2D eigenvalue weighted by Crippen LogP contribution is -2.48. The van der Waals surface area contributed by atoms with Crippen LogP contribution in [-0.2, 0) is 10.0 Å². The lowest BCUT2D eigenvalue weighted by molar-refractivity contribution is -0.00124. The van der Waals surface area contributed by atoms with E-state index in [2.05, 4.69) is 35.4 Å². The van der Waals surface area contributed by atoms with Crippen LogP contribution in [0.4, 0.5) is 5.82 Å². The van der Waals surface area contributed by atoms with Crippen LogP contribution < -0.4 is 5.43 Å². The van der Waals surface area contributed by atoms with Crippen molar-refractivity contribution in [2.45, 2.75) is 45.4 Å². The topological polar surface area (TPSA) is 74.7 Å². The number of pyridine rings is 1. The first-order valence-electron chi connectivity index (χ1n) is 9.26. The zero-order valence-corrected chi connectivity index (χ0v) is 16.8. The Morgan fingerprint density at radius 1 is 1.35 bits per heavy atom. The third-order valence-electron chi connectivity index (χ3n) is 5.98. The normalized spacial score (nSPS) is 24.4. The van der Waals surface area contributed by atoms with E-state index >= 15 is 0 Å². The molecule has 0 aliphatic heterocycles. The van der Waals surface area contributed by atoms with Crippen molar-refractivity contribution >= 4 is 22.1 Å². The quantitative estimate of drug-likeness (QED) is 0.584. The lowest BCUT2D eigenvalue weighted by atomic mass is 9.49. The van der Waals surface area contributed by atoms with E-state index in [0.29, 0.717) is 30.2 Å². The molecule has 1 saturated carbocycles. The Morgan fingerprint density at radius 3 is 2.62 bits per heavy atom. The maximum atomic E-state index is 12.5. The highest BCUT2D eigenvalue weighted by atomic mass is 32.2. The minimum Gasteiger partial charge on any atom is -0.261 e. The smallest absolute Gasteiger partial charge is 0.244 e. The van der Waals surface area contributed by atoms with Crippen LogP contribution in [0.15, 0.2) is 40.0 Å². The second-order valence-corrected chi connectivity index (χ2v) is 9.52. The molecule has 142 valence electrons. The number of nitrogens with zero attached hydrogens (tertiary/aromatic N) is 3. The molecule has 2 bridgehead atoms. The van der Waals surface area contributed by atoms with Crippen LogP contribution in [0.1, 0.15) is 40.5 Å². The van der Waals surface area contributed by atoms with Gasteiger partial charge in [0.15, 0.2) is 0 Å². The molecule has 4 rings (SSSR count). The van der Waals surface area contributed by atoms with Crippen LogP contribution in [-0.4, -0.2) is 37.0 Å². The highest BCUT2D eigenvalue weighted by molar-refractivity contribution is 7.89. The second kappa shape index (κ2) is 7.12. The van der Waals surface area contributed by atoms with Crippen molar-refractivity contribution < 1.29 is 8.42 Å². The highest BCUT2D eigenvalue weighted by Gasteiger charge is 2.50. The summed E-state index contributed by atoms with van der Waals surface area (Å²) in [6.07, 6.45) is 7.92. The van der Waals surface area contributed by atoms with Crippen molar-refractivity contribution in [2.75, 3.05) is 18.5 Å². The Balaban J connectivity index is 1.64. The summed E-state index contributed by atoms with van der Waals surface area (Å²) in [5.41, 5.74) is 4.55. The number of anilines is 1. The van der Waals surface area contributed by atoms with E-state index in [0.717, 1.165) is 12.3 Å². The molecule has 6 nitrogen and oxygen atoms in total. The van der Waals surface area contributed by atoms with Crippen molar-refractivity contribution in [1.29, 1.82) is 0 Å². The number of aromatic nitrogens is 1. The van der Waals surface area contributed by atoms with Crippen molar-refractivity contribution in [1.82, 2.24) is 9.29 Å². The van der Waals surface area contributed by atoms with E-state index in [1.807, 2.05) is 20.1 Å². The van der Waals surface area contributed by atoms with Gasteiger partial charge in [-0.3, -0.25) is 5.43 Å². The number of rotatable bonds is 7. The highest BCUT2D eigenvalue weighted by Crippen LogP contribution is 2.58. The van der Waals surface area contributed by atoms with Crippen LogP contribution in [0.3, 0.4) is 0 Å². The summed E-state index contributed by atoms with van der Waals surface area (Å²) < 4.78 is 26.3. The first-order chi connectivity index (χ1) is 12.3. The minimum absolute atomic E-state index is 0.202. The maximum absolute atomic E-state index is 12.5. The van der Waals surface area contributed by atoms with Crippen LogP contribution >= 0.6 is 0 Å². The SMILES string of the molecule is CCN(CC)S(=O)(=O)c1ccc(N/N=C/C2=CCC3CC2C3(C)C)nc1. The molecule has 3 aliphatic rings. The van der Waals surface area contributed by atoms with E-state index in [-0.39, 0.29) is 4.90 Å². The van der Waals surface area contributed by atoms with Gasteiger partial charge in [-0.05, 0) is 47.8 Å². The fraction of sp³-hybridized carbons (Fsp3) is 0.579. The molecule has 1 N–H and O–H groups in total. The summed E-state index contributed by atoms with van der Waals surface area (Å²) in [7, 11) is -3.48. The van der Waals surface area contributed by atoms with Gasteiger partial charge >= 0.3 is 0 Å². The number of hydrogen-bond donors (Lipinski definition) is 1. The van der Waals surface area contributed by atoms with E-state index < -0.39 is 10.0 Å². The molecule has 1 aromatic heterocycles. The minimum atomic E-state index is -3.48. The van der Waals surface area contributed by atoms with Crippen LogP contribution in [0.25, 0.3) is 0 Å². The zero-order chi connectivity index (χ0) is 18.9. The van der Waals surface area contributed by atoms with Gasteiger partial charge in [0.25, 0.3) is 0 Å². The maximum Gasteiger partial charge on any atom is 0.244 e. The molecule has 0 spiro atoms. The summed E-state index contributed by atoms with van der Waals surface area (Å²) in [6, 6.07) is 3.21. The third kappa shape index (κ3) is 3.30. The Kier molecular flexibility index (Phi) is 5.21. The molecule has 2 atom stereocenters. The molecule has 0 radical (unpaired) electrons. The van der Waals surface area contributed by atoms with Gasteiger partial charge in [0.1, 0.15) is 10.7 Å². The monoisotopic (exact) mass is 376 g/mol. The molecule has 1 heterocycles. The van der Waals surface area contributed by atoms with E-state index in [1.165, 1.54) is 22.5 Å². The molecule has 3 aliphatic carbocycles. The van der Waals surface area contributed by atoms with Crippen LogP contribution in [0.2, 0.25) is 0 Å². The average Bonchev–Trinajstić information content (AvgIpc) is 2.63. The van der Waals surface area contributed by atoms with E-state index in [9.17, 15) is 8.42 Å². The predicted molar refractivity (Wildman–Crippen MR) is 105 cm³/mol. The van der Waals surface area contributed by atoms with Crippen LogP contribution in [0.5, 0.6) is 0 Å². The largest absolute Gasteiger partial charge is 0.261 e. The first-order valence-corrected chi connectivity index (χ1v) is 10.7. The van der Waals surface area contributed by atoms with Crippen molar-refractivity contribution in [3.63, 3.8) is 0 Å². The number of fused-ring (bicyclic) bond motifs is 1. The fourth-order valence-electron chi connectivity index (χ4n) is 4.03. The van der Waals surface area contributed by atoms with Gasteiger partial charge in [0, 0.05) is 19.3 Å². The second-order valence-electron chi connectivity index (χ2n) is 7.58.